The van der Waals surface area contributed by atoms with E-state index >= 15 is 0 Å². The third kappa shape index (κ3) is 3.72. The number of benzene rings is 2. The summed E-state index contributed by atoms with van der Waals surface area (Å²) in [4.78, 5) is 0. The van der Waals surface area contributed by atoms with Gasteiger partial charge in [0.05, 0.1) is 6.10 Å². The summed E-state index contributed by atoms with van der Waals surface area (Å²) in [5, 5.41) is 13.7. The number of hydrogen-bond donors (Lipinski definition) is 1. The van der Waals surface area contributed by atoms with Crippen LogP contribution in [0, 0.1) is 0 Å². The summed E-state index contributed by atoms with van der Waals surface area (Å²) in [6, 6.07) is 18.9. The van der Waals surface area contributed by atoms with Crippen molar-refractivity contribution in [2.45, 2.75) is 31.8 Å². The maximum atomic E-state index is 10.3. The molecule has 0 bridgehead atoms. The molecule has 0 saturated carbocycles. The van der Waals surface area contributed by atoms with Crippen molar-refractivity contribution in [2.75, 3.05) is 0 Å². The molecule has 1 atom stereocenters. The van der Waals surface area contributed by atoms with Gasteiger partial charge in [-0.3, -0.25) is 0 Å². The molecule has 0 aliphatic carbocycles. The Bertz CT molecular complexity index is 687. The first kappa shape index (κ1) is 14.3. The molecule has 3 aromatic rings. The van der Waals surface area contributed by atoms with Gasteiger partial charge in [0.15, 0.2) is 0 Å². The van der Waals surface area contributed by atoms with Gasteiger partial charge in [0.2, 0.25) is 0 Å². The van der Waals surface area contributed by atoms with Gasteiger partial charge in [-0.15, -0.1) is 11.3 Å². The van der Waals surface area contributed by atoms with Crippen LogP contribution in [0.15, 0.2) is 60.0 Å². The molecular weight excluding hydrogens is 276 g/mol. The molecule has 0 saturated heterocycles. The molecule has 0 aliphatic rings. The van der Waals surface area contributed by atoms with Crippen LogP contribution in [0.1, 0.15) is 24.0 Å². The average Bonchev–Trinajstić information content (AvgIpc) is 2.92. The van der Waals surface area contributed by atoms with Crippen molar-refractivity contribution in [2.24, 2.45) is 0 Å². The highest BCUT2D eigenvalue weighted by Crippen LogP contribution is 2.27. The van der Waals surface area contributed by atoms with Gasteiger partial charge >= 0.3 is 0 Å². The lowest BCUT2D eigenvalue weighted by atomic mass is 10.0. The number of hydrogen-bond acceptors (Lipinski definition) is 2. The fraction of sp³-hybridized carbons (Fsp3) is 0.263. The molecule has 1 nitrogen and oxygen atoms in total. The van der Waals surface area contributed by atoms with Crippen molar-refractivity contribution in [3.63, 3.8) is 0 Å². The van der Waals surface area contributed by atoms with E-state index in [2.05, 4.69) is 53.9 Å². The fourth-order valence-electron chi connectivity index (χ4n) is 2.73. The molecule has 3 rings (SSSR count). The molecule has 0 spiro atoms. The van der Waals surface area contributed by atoms with Gasteiger partial charge in [-0.05, 0) is 53.6 Å². The molecule has 0 amide bonds. The van der Waals surface area contributed by atoms with Crippen molar-refractivity contribution in [1.29, 1.82) is 0 Å². The van der Waals surface area contributed by atoms with Crippen molar-refractivity contribution in [3.8, 4) is 0 Å². The van der Waals surface area contributed by atoms with Crippen LogP contribution in [0.5, 0.6) is 0 Å². The van der Waals surface area contributed by atoms with Crippen LogP contribution in [-0.4, -0.2) is 11.2 Å². The van der Waals surface area contributed by atoms with Crippen LogP contribution in [0.3, 0.4) is 0 Å². The number of fused-ring (bicyclic) bond motifs is 1. The van der Waals surface area contributed by atoms with Crippen molar-refractivity contribution in [3.05, 3.63) is 71.1 Å². The Balaban J connectivity index is 1.53. The normalized spacial score (nSPS) is 12.6. The summed E-state index contributed by atoms with van der Waals surface area (Å²) in [5.41, 5.74) is 2.63. The van der Waals surface area contributed by atoms with Crippen LogP contribution in [0.2, 0.25) is 0 Å². The summed E-state index contributed by atoms with van der Waals surface area (Å²) in [6.45, 7) is 0. The molecule has 1 unspecified atom stereocenters. The summed E-state index contributed by atoms with van der Waals surface area (Å²) in [5.74, 6) is 0. The molecule has 21 heavy (non-hydrogen) atoms. The first-order valence-electron chi connectivity index (χ1n) is 7.50. The van der Waals surface area contributed by atoms with E-state index in [-0.39, 0.29) is 6.10 Å². The maximum Gasteiger partial charge on any atom is 0.0581 e. The number of aliphatic hydroxyl groups excluding tert-OH is 1. The average molecular weight is 296 g/mol. The predicted octanol–water partition coefficient (Wildman–Crippen LogP) is 4.83. The van der Waals surface area contributed by atoms with E-state index in [1.165, 1.54) is 21.2 Å². The fourth-order valence-corrected chi connectivity index (χ4v) is 3.71. The van der Waals surface area contributed by atoms with Crippen LogP contribution < -0.4 is 0 Å². The molecular formula is C19H20OS. The van der Waals surface area contributed by atoms with Crippen molar-refractivity contribution in [1.82, 2.24) is 0 Å². The van der Waals surface area contributed by atoms with Gasteiger partial charge in [-0.1, -0.05) is 48.5 Å². The molecule has 1 N–H and O–H groups in total. The Morgan fingerprint density at radius 2 is 1.71 bits per heavy atom. The zero-order valence-corrected chi connectivity index (χ0v) is 12.9. The molecule has 108 valence electrons. The van der Waals surface area contributed by atoms with Crippen LogP contribution in [0.25, 0.3) is 10.1 Å². The minimum absolute atomic E-state index is 0.244. The van der Waals surface area contributed by atoms with Gasteiger partial charge in [0.25, 0.3) is 0 Å². The standard InChI is InChI=1S/C19H20OS/c20-17(10-6-9-15-7-2-1-3-8-15)13-16-14-21-19-12-5-4-11-18(16)19/h1-5,7-8,11-12,14,17,20H,6,9-10,13H2. The summed E-state index contributed by atoms with van der Waals surface area (Å²) < 4.78 is 1.31. The lowest BCUT2D eigenvalue weighted by Gasteiger charge is -2.10. The Hall–Kier alpha value is -1.64. The summed E-state index contributed by atoms with van der Waals surface area (Å²) >= 11 is 1.77. The highest BCUT2D eigenvalue weighted by atomic mass is 32.1. The van der Waals surface area contributed by atoms with Gasteiger partial charge in [0.1, 0.15) is 0 Å². The van der Waals surface area contributed by atoms with E-state index in [0.29, 0.717) is 0 Å². The summed E-state index contributed by atoms with van der Waals surface area (Å²) in [7, 11) is 0. The monoisotopic (exact) mass is 296 g/mol. The topological polar surface area (TPSA) is 20.2 Å². The zero-order chi connectivity index (χ0) is 14.5. The molecule has 1 heterocycles. The molecule has 2 aromatic carbocycles. The maximum absolute atomic E-state index is 10.3. The molecule has 0 fully saturated rings. The van der Waals surface area contributed by atoms with Crippen molar-refractivity contribution < 1.29 is 5.11 Å². The summed E-state index contributed by atoms with van der Waals surface area (Å²) in [6.07, 6.45) is 3.46. The first-order chi connectivity index (χ1) is 10.3. The zero-order valence-electron chi connectivity index (χ0n) is 12.0. The van der Waals surface area contributed by atoms with E-state index in [4.69, 9.17) is 0 Å². The van der Waals surface area contributed by atoms with E-state index in [0.717, 1.165) is 25.7 Å². The van der Waals surface area contributed by atoms with E-state index < -0.39 is 0 Å². The van der Waals surface area contributed by atoms with Crippen LogP contribution in [0.4, 0.5) is 0 Å². The van der Waals surface area contributed by atoms with Crippen LogP contribution >= 0.6 is 11.3 Å². The van der Waals surface area contributed by atoms with Crippen molar-refractivity contribution >= 4 is 21.4 Å². The van der Waals surface area contributed by atoms with Gasteiger partial charge in [-0.25, -0.2) is 0 Å². The lowest BCUT2D eigenvalue weighted by Crippen LogP contribution is -2.10. The largest absolute Gasteiger partial charge is 0.393 e. The SMILES string of the molecule is OC(CCCc1ccccc1)Cc1csc2ccccc12. The minimum atomic E-state index is -0.244. The molecule has 1 aromatic heterocycles. The number of aliphatic hydroxyl groups is 1. The van der Waals surface area contributed by atoms with Gasteiger partial charge in [-0.2, -0.15) is 0 Å². The third-order valence-corrected chi connectivity index (χ3v) is 4.87. The predicted molar refractivity (Wildman–Crippen MR) is 90.9 cm³/mol. The number of thiophene rings is 1. The molecule has 0 radical (unpaired) electrons. The van der Waals surface area contributed by atoms with Gasteiger partial charge in [0, 0.05) is 4.70 Å². The smallest absolute Gasteiger partial charge is 0.0581 e. The van der Waals surface area contributed by atoms with E-state index in [1.807, 2.05) is 6.07 Å². The van der Waals surface area contributed by atoms with Gasteiger partial charge < -0.3 is 5.11 Å². The molecule has 2 heteroatoms. The lowest BCUT2D eigenvalue weighted by molar-refractivity contribution is 0.162. The number of rotatable bonds is 6. The highest BCUT2D eigenvalue weighted by molar-refractivity contribution is 7.17. The Morgan fingerprint density at radius 3 is 2.57 bits per heavy atom. The minimum Gasteiger partial charge on any atom is -0.393 e. The van der Waals surface area contributed by atoms with E-state index in [9.17, 15) is 5.11 Å². The number of aryl methyl sites for hydroxylation is 1. The van der Waals surface area contributed by atoms with E-state index in [1.54, 1.807) is 11.3 Å². The second-order valence-corrected chi connectivity index (χ2v) is 6.40. The Kier molecular flexibility index (Phi) is 4.69. The second kappa shape index (κ2) is 6.88. The van der Waals surface area contributed by atoms with Crippen LogP contribution in [-0.2, 0) is 12.8 Å². The third-order valence-electron chi connectivity index (χ3n) is 3.86. The quantitative estimate of drug-likeness (QED) is 0.691. The molecule has 0 aliphatic heterocycles. The Morgan fingerprint density at radius 1 is 0.952 bits per heavy atom. The first-order valence-corrected chi connectivity index (χ1v) is 8.38. The second-order valence-electron chi connectivity index (χ2n) is 5.49. The highest BCUT2D eigenvalue weighted by Gasteiger charge is 2.09. The Labute approximate surface area is 129 Å².